The van der Waals surface area contributed by atoms with Gasteiger partial charge in [0.05, 0.1) is 12.5 Å². The van der Waals surface area contributed by atoms with Crippen LogP contribution in [0.4, 0.5) is 4.39 Å². The van der Waals surface area contributed by atoms with E-state index in [4.69, 9.17) is 9.72 Å². The minimum atomic E-state index is -0.200. The number of piperidine rings is 1. The molecule has 0 bridgehead atoms. The fraction of sp³-hybridized carbons (Fsp3) is 0.500. The number of likely N-dealkylation sites (tertiary alicyclic amines) is 1. The minimum Gasteiger partial charge on any atom is -0.378 e. The summed E-state index contributed by atoms with van der Waals surface area (Å²) in [5.74, 6) is 0.390. The summed E-state index contributed by atoms with van der Waals surface area (Å²) in [5.41, 5.74) is 4.22. The Morgan fingerprint density at radius 1 is 1.17 bits per heavy atom. The van der Waals surface area contributed by atoms with Crippen LogP contribution in [0.5, 0.6) is 0 Å². The van der Waals surface area contributed by atoms with Gasteiger partial charge in [-0.2, -0.15) is 0 Å². The van der Waals surface area contributed by atoms with Crippen LogP contribution in [-0.4, -0.2) is 41.6 Å². The van der Waals surface area contributed by atoms with Gasteiger partial charge in [-0.15, -0.1) is 0 Å². The van der Waals surface area contributed by atoms with E-state index in [1.807, 2.05) is 17.9 Å². The highest BCUT2D eigenvalue weighted by molar-refractivity contribution is 5.76. The molecule has 2 fully saturated rings. The number of amides is 1. The highest BCUT2D eigenvalue weighted by Gasteiger charge is 2.27. The molecule has 0 saturated carbocycles. The summed E-state index contributed by atoms with van der Waals surface area (Å²) >= 11 is 0. The number of hydrogen-bond acceptors (Lipinski definition) is 3. The molecule has 4 rings (SSSR count). The third kappa shape index (κ3) is 5.21. The van der Waals surface area contributed by atoms with E-state index in [2.05, 4.69) is 12.1 Å². The predicted molar refractivity (Wildman–Crippen MR) is 110 cm³/mol. The second kappa shape index (κ2) is 9.04. The van der Waals surface area contributed by atoms with Gasteiger partial charge < -0.3 is 9.64 Å². The molecule has 2 aromatic rings. The molecule has 0 radical (unpaired) electrons. The van der Waals surface area contributed by atoms with E-state index < -0.39 is 0 Å². The monoisotopic (exact) mass is 396 g/mol. The third-order valence-electron chi connectivity index (χ3n) is 6.02. The fourth-order valence-electron chi connectivity index (χ4n) is 4.52. The second-order valence-electron chi connectivity index (χ2n) is 8.34. The first-order chi connectivity index (χ1) is 14.1. The van der Waals surface area contributed by atoms with E-state index in [1.165, 1.54) is 6.07 Å². The van der Waals surface area contributed by atoms with Gasteiger partial charge in [0.1, 0.15) is 5.82 Å². The molecule has 29 heavy (non-hydrogen) atoms. The predicted octanol–water partition coefficient (Wildman–Crippen LogP) is 4.40. The molecule has 1 amide bonds. The number of carbonyl (C=O) groups is 1. The molecule has 3 heterocycles. The Morgan fingerprint density at radius 3 is 2.72 bits per heavy atom. The molecule has 5 heteroatoms. The minimum absolute atomic E-state index is 0.115. The van der Waals surface area contributed by atoms with Crippen molar-refractivity contribution in [2.75, 3.05) is 19.7 Å². The lowest BCUT2D eigenvalue weighted by Gasteiger charge is -2.32. The molecule has 1 unspecified atom stereocenters. The Balaban J connectivity index is 1.37. The lowest BCUT2D eigenvalue weighted by atomic mass is 9.91. The molecule has 154 valence electrons. The van der Waals surface area contributed by atoms with Crippen molar-refractivity contribution in [1.29, 1.82) is 0 Å². The first kappa shape index (κ1) is 20.0. The van der Waals surface area contributed by atoms with E-state index in [0.717, 1.165) is 67.9 Å². The molecule has 2 aliphatic heterocycles. The maximum absolute atomic E-state index is 13.5. The van der Waals surface area contributed by atoms with Gasteiger partial charge in [0.25, 0.3) is 0 Å². The highest BCUT2D eigenvalue weighted by atomic mass is 19.1. The number of aromatic nitrogens is 1. The van der Waals surface area contributed by atoms with Crippen LogP contribution in [0.1, 0.15) is 60.5 Å². The first-order valence-electron chi connectivity index (χ1n) is 10.7. The van der Waals surface area contributed by atoms with Crippen LogP contribution >= 0.6 is 0 Å². The molecular formula is C24H29FN2O2. The van der Waals surface area contributed by atoms with Gasteiger partial charge in [0, 0.05) is 37.0 Å². The Bertz CT molecular complexity index is 856. The maximum Gasteiger partial charge on any atom is 0.225 e. The Labute approximate surface area is 172 Å². The van der Waals surface area contributed by atoms with Crippen LogP contribution < -0.4 is 0 Å². The summed E-state index contributed by atoms with van der Waals surface area (Å²) in [6.07, 6.45) is 5.28. The van der Waals surface area contributed by atoms with Gasteiger partial charge in [-0.05, 0) is 74.4 Å². The molecule has 0 N–H and O–H groups in total. The van der Waals surface area contributed by atoms with Crippen molar-refractivity contribution >= 4 is 5.91 Å². The molecular weight excluding hydrogens is 367 g/mol. The van der Waals surface area contributed by atoms with E-state index in [-0.39, 0.29) is 17.8 Å². The largest absolute Gasteiger partial charge is 0.378 e. The Morgan fingerprint density at radius 2 is 2.00 bits per heavy atom. The van der Waals surface area contributed by atoms with Crippen molar-refractivity contribution in [3.63, 3.8) is 0 Å². The second-order valence-corrected chi connectivity index (χ2v) is 8.34. The zero-order valence-electron chi connectivity index (χ0n) is 17.1. The van der Waals surface area contributed by atoms with Crippen molar-refractivity contribution in [3.8, 4) is 0 Å². The number of pyridine rings is 1. The summed E-state index contributed by atoms with van der Waals surface area (Å²) in [7, 11) is 0. The number of benzene rings is 1. The van der Waals surface area contributed by atoms with Crippen molar-refractivity contribution in [2.45, 2.75) is 57.5 Å². The number of hydrogen-bond donors (Lipinski definition) is 0. The lowest BCUT2D eigenvalue weighted by Crippen LogP contribution is -2.39. The summed E-state index contributed by atoms with van der Waals surface area (Å²) in [6, 6.07) is 11.0. The van der Waals surface area contributed by atoms with Gasteiger partial charge in [0.2, 0.25) is 5.91 Å². The van der Waals surface area contributed by atoms with Crippen LogP contribution in [0.2, 0.25) is 0 Å². The number of nitrogens with zero attached hydrogens (tertiary/aromatic N) is 2. The average Bonchev–Trinajstić information content (AvgIpc) is 3.21. The van der Waals surface area contributed by atoms with Crippen LogP contribution in [0.15, 0.2) is 36.4 Å². The van der Waals surface area contributed by atoms with Crippen LogP contribution in [-0.2, 0) is 16.0 Å². The van der Waals surface area contributed by atoms with Gasteiger partial charge in [0.15, 0.2) is 0 Å². The van der Waals surface area contributed by atoms with Crippen LogP contribution in [0, 0.1) is 12.7 Å². The molecule has 1 aromatic carbocycles. The quantitative estimate of drug-likeness (QED) is 0.753. The average molecular weight is 397 g/mol. The molecule has 0 aliphatic carbocycles. The number of ether oxygens (including phenoxy) is 1. The number of halogens is 1. The molecule has 2 saturated heterocycles. The van der Waals surface area contributed by atoms with Gasteiger partial charge in [-0.1, -0.05) is 12.1 Å². The molecule has 1 atom stereocenters. The van der Waals surface area contributed by atoms with Crippen LogP contribution in [0.3, 0.4) is 0 Å². The Kier molecular flexibility index (Phi) is 6.24. The number of rotatable bonds is 5. The highest BCUT2D eigenvalue weighted by Crippen LogP contribution is 2.29. The Hall–Kier alpha value is -2.27. The molecule has 1 aromatic heterocycles. The topological polar surface area (TPSA) is 42.4 Å². The SMILES string of the molecule is Cc1cc(Cc2cccc(F)c2)cc(C2CCN(C(=O)CC3CCCO3)CC2)n1. The van der Waals surface area contributed by atoms with Gasteiger partial charge in [-0.25, -0.2) is 4.39 Å². The zero-order valence-corrected chi connectivity index (χ0v) is 17.1. The van der Waals surface area contributed by atoms with Gasteiger partial charge in [-0.3, -0.25) is 9.78 Å². The summed E-state index contributed by atoms with van der Waals surface area (Å²) in [6.45, 7) is 4.37. The maximum atomic E-state index is 13.5. The zero-order chi connectivity index (χ0) is 20.2. The molecule has 4 nitrogen and oxygen atoms in total. The van der Waals surface area contributed by atoms with Crippen molar-refractivity contribution in [1.82, 2.24) is 9.88 Å². The third-order valence-corrected chi connectivity index (χ3v) is 6.02. The summed E-state index contributed by atoms with van der Waals surface area (Å²) in [4.78, 5) is 19.3. The van der Waals surface area contributed by atoms with Crippen LogP contribution in [0.25, 0.3) is 0 Å². The van der Waals surface area contributed by atoms with Crippen molar-refractivity contribution in [3.05, 3.63) is 64.7 Å². The molecule has 2 aliphatic rings. The van der Waals surface area contributed by atoms with Crippen molar-refractivity contribution < 1.29 is 13.9 Å². The lowest BCUT2D eigenvalue weighted by molar-refractivity contribution is -0.134. The normalized spacial score (nSPS) is 20.2. The smallest absolute Gasteiger partial charge is 0.225 e. The van der Waals surface area contributed by atoms with Gasteiger partial charge >= 0.3 is 0 Å². The standard InChI is InChI=1S/C24H29FN2O2/c1-17-12-19(13-18-4-2-5-21(25)14-18)15-23(26-17)20-7-9-27(10-8-20)24(28)16-22-6-3-11-29-22/h2,4-5,12,14-15,20,22H,3,6-11,13,16H2,1H3. The number of carbonyl (C=O) groups excluding carboxylic acids is 1. The summed E-state index contributed by atoms with van der Waals surface area (Å²) < 4.78 is 19.1. The summed E-state index contributed by atoms with van der Waals surface area (Å²) in [5, 5.41) is 0. The first-order valence-corrected chi connectivity index (χ1v) is 10.7. The van der Waals surface area contributed by atoms with E-state index in [9.17, 15) is 9.18 Å². The number of aryl methyl sites for hydroxylation is 1. The van der Waals surface area contributed by atoms with E-state index in [1.54, 1.807) is 12.1 Å². The van der Waals surface area contributed by atoms with E-state index in [0.29, 0.717) is 18.8 Å². The van der Waals surface area contributed by atoms with E-state index >= 15 is 0 Å². The fourth-order valence-corrected chi connectivity index (χ4v) is 4.52. The van der Waals surface area contributed by atoms with Crippen molar-refractivity contribution in [2.24, 2.45) is 0 Å². The molecule has 0 spiro atoms.